The summed E-state index contributed by atoms with van der Waals surface area (Å²) < 4.78 is 4.80. The van der Waals surface area contributed by atoms with Crippen molar-refractivity contribution >= 4 is 11.6 Å². The first-order valence-electron chi connectivity index (χ1n) is 4.70. The smallest absolute Gasteiger partial charge is 0.0897 e. The van der Waals surface area contributed by atoms with Crippen LogP contribution in [0.3, 0.4) is 0 Å². The van der Waals surface area contributed by atoms with Crippen molar-refractivity contribution < 1.29 is 9.84 Å². The molecule has 1 atom stereocenters. The average molecular weight is 231 g/mol. The number of aliphatic hydroxyl groups is 1. The van der Waals surface area contributed by atoms with Crippen LogP contribution in [0.2, 0.25) is 5.02 Å². The molecule has 1 unspecified atom stereocenters. The van der Waals surface area contributed by atoms with Gasteiger partial charge in [0.1, 0.15) is 0 Å². The van der Waals surface area contributed by atoms with Gasteiger partial charge in [-0.1, -0.05) is 11.6 Å². The predicted octanol–water partition coefficient (Wildman–Crippen LogP) is 0.832. The van der Waals surface area contributed by atoms with Crippen LogP contribution >= 0.6 is 11.6 Å². The summed E-state index contributed by atoms with van der Waals surface area (Å²) in [6.07, 6.45) is 2.80. The molecule has 0 bridgehead atoms. The molecule has 0 aliphatic carbocycles. The molecular weight excluding hydrogens is 216 g/mol. The molecule has 15 heavy (non-hydrogen) atoms. The zero-order valence-electron chi connectivity index (χ0n) is 8.61. The molecule has 0 saturated carbocycles. The van der Waals surface area contributed by atoms with Crippen molar-refractivity contribution in [1.29, 1.82) is 0 Å². The van der Waals surface area contributed by atoms with E-state index in [4.69, 9.17) is 16.3 Å². The van der Waals surface area contributed by atoms with E-state index >= 15 is 0 Å². The lowest BCUT2D eigenvalue weighted by molar-refractivity contribution is 0.0644. The average Bonchev–Trinajstić information content (AvgIpc) is 2.21. The second-order valence-corrected chi connectivity index (χ2v) is 3.61. The van der Waals surface area contributed by atoms with Crippen molar-refractivity contribution in [1.82, 2.24) is 10.3 Å². The van der Waals surface area contributed by atoms with E-state index in [9.17, 15) is 5.11 Å². The molecule has 1 aromatic rings. The third-order valence-electron chi connectivity index (χ3n) is 1.91. The van der Waals surface area contributed by atoms with Crippen LogP contribution in [-0.2, 0) is 11.3 Å². The molecule has 0 radical (unpaired) electrons. The molecule has 84 valence electrons. The van der Waals surface area contributed by atoms with Crippen LogP contribution in [-0.4, -0.2) is 36.5 Å². The first kappa shape index (κ1) is 12.4. The Balaban J connectivity index is 2.29. The van der Waals surface area contributed by atoms with Gasteiger partial charge in [0.15, 0.2) is 0 Å². The normalized spacial score (nSPS) is 12.7. The summed E-state index contributed by atoms with van der Waals surface area (Å²) in [7, 11) is 1.56. The summed E-state index contributed by atoms with van der Waals surface area (Å²) in [6.45, 7) is 1.42. The number of hydrogen-bond donors (Lipinski definition) is 2. The molecule has 0 aromatic carbocycles. The largest absolute Gasteiger partial charge is 0.389 e. The van der Waals surface area contributed by atoms with Gasteiger partial charge in [0.05, 0.1) is 17.7 Å². The van der Waals surface area contributed by atoms with Crippen molar-refractivity contribution in [2.45, 2.75) is 12.6 Å². The number of nitrogens with one attached hydrogen (secondary N) is 1. The molecule has 1 heterocycles. The highest BCUT2D eigenvalue weighted by molar-refractivity contribution is 6.31. The van der Waals surface area contributed by atoms with E-state index in [-0.39, 0.29) is 0 Å². The van der Waals surface area contributed by atoms with Gasteiger partial charge in [-0.25, -0.2) is 0 Å². The minimum atomic E-state index is -0.490. The van der Waals surface area contributed by atoms with Gasteiger partial charge in [-0.15, -0.1) is 0 Å². The number of rotatable bonds is 6. The summed E-state index contributed by atoms with van der Waals surface area (Å²) >= 11 is 5.91. The van der Waals surface area contributed by atoms with Gasteiger partial charge < -0.3 is 15.2 Å². The van der Waals surface area contributed by atoms with E-state index in [0.717, 1.165) is 5.56 Å². The van der Waals surface area contributed by atoms with E-state index in [0.29, 0.717) is 24.7 Å². The second kappa shape index (κ2) is 6.74. The zero-order chi connectivity index (χ0) is 11.1. The summed E-state index contributed by atoms with van der Waals surface area (Å²) in [4.78, 5) is 3.89. The van der Waals surface area contributed by atoms with E-state index in [2.05, 4.69) is 10.3 Å². The third-order valence-corrected chi connectivity index (χ3v) is 2.25. The summed E-state index contributed by atoms with van der Waals surface area (Å²) in [5, 5.41) is 13.1. The number of pyridine rings is 1. The van der Waals surface area contributed by atoms with Gasteiger partial charge in [-0.2, -0.15) is 0 Å². The fourth-order valence-corrected chi connectivity index (χ4v) is 1.36. The van der Waals surface area contributed by atoms with Crippen LogP contribution in [0, 0.1) is 0 Å². The molecule has 0 aliphatic rings. The third kappa shape index (κ3) is 4.57. The maximum Gasteiger partial charge on any atom is 0.0897 e. The maximum atomic E-state index is 9.36. The van der Waals surface area contributed by atoms with E-state index < -0.39 is 6.10 Å². The van der Waals surface area contributed by atoms with Gasteiger partial charge in [-0.05, 0) is 11.6 Å². The fraction of sp³-hybridized carbons (Fsp3) is 0.500. The first-order valence-corrected chi connectivity index (χ1v) is 5.08. The van der Waals surface area contributed by atoms with Crippen LogP contribution in [0.25, 0.3) is 0 Å². The number of ether oxygens (including phenoxy) is 1. The number of methoxy groups -OCH3 is 1. The van der Waals surface area contributed by atoms with Crippen LogP contribution in [0.4, 0.5) is 0 Å². The molecular formula is C10H15ClN2O2. The Hall–Kier alpha value is -0.680. The van der Waals surface area contributed by atoms with Crippen LogP contribution in [0.5, 0.6) is 0 Å². The standard InChI is InChI=1S/C10H15ClN2O2/c1-15-7-9(14)5-13-4-8-2-3-12-6-10(8)11/h2-3,6,9,13-14H,4-5,7H2,1H3. The molecule has 0 amide bonds. The van der Waals surface area contributed by atoms with Crippen LogP contribution in [0.15, 0.2) is 18.5 Å². The highest BCUT2D eigenvalue weighted by atomic mass is 35.5. The Morgan fingerprint density at radius 3 is 3.13 bits per heavy atom. The molecule has 0 fully saturated rings. The molecule has 1 rings (SSSR count). The zero-order valence-corrected chi connectivity index (χ0v) is 9.37. The quantitative estimate of drug-likeness (QED) is 0.760. The summed E-state index contributed by atoms with van der Waals surface area (Å²) in [5.74, 6) is 0. The first-order chi connectivity index (χ1) is 7.24. The maximum absolute atomic E-state index is 9.36. The van der Waals surface area contributed by atoms with Crippen LogP contribution in [0.1, 0.15) is 5.56 Å². The Morgan fingerprint density at radius 1 is 1.67 bits per heavy atom. The van der Waals surface area contributed by atoms with Gasteiger partial charge in [0.25, 0.3) is 0 Å². The van der Waals surface area contributed by atoms with Crippen LogP contribution < -0.4 is 5.32 Å². The number of hydrogen-bond acceptors (Lipinski definition) is 4. The highest BCUT2D eigenvalue weighted by Gasteiger charge is 2.03. The van der Waals surface area contributed by atoms with Gasteiger partial charge in [0.2, 0.25) is 0 Å². The molecule has 5 heteroatoms. The molecule has 4 nitrogen and oxygen atoms in total. The molecule has 1 aromatic heterocycles. The van der Waals surface area contributed by atoms with E-state index in [1.54, 1.807) is 19.5 Å². The second-order valence-electron chi connectivity index (χ2n) is 3.21. The molecule has 0 spiro atoms. The van der Waals surface area contributed by atoms with Crippen molar-refractivity contribution in [3.63, 3.8) is 0 Å². The van der Waals surface area contributed by atoms with Gasteiger partial charge in [-0.3, -0.25) is 4.98 Å². The molecule has 2 N–H and O–H groups in total. The minimum absolute atomic E-state index is 0.330. The van der Waals surface area contributed by atoms with Crippen molar-refractivity contribution in [3.8, 4) is 0 Å². The van der Waals surface area contributed by atoms with E-state index in [1.165, 1.54) is 0 Å². The van der Waals surface area contributed by atoms with E-state index in [1.807, 2.05) is 6.07 Å². The minimum Gasteiger partial charge on any atom is -0.389 e. The Morgan fingerprint density at radius 2 is 2.47 bits per heavy atom. The number of halogens is 1. The Labute approximate surface area is 94.2 Å². The van der Waals surface area contributed by atoms with Crippen molar-refractivity contribution in [2.24, 2.45) is 0 Å². The topological polar surface area (TPSA) is 54.4 Å². The van der Waals surface area contributed by atoms with Gasteiger partial charge >= 0.3 is 0 Å². The Bertz CT molecular complexity index is 297. The summed E-state index contributed by atoms with van der Waals surface area (Å²) in [6, 6.07) is 1.85. The van der Waals surface area contributed by atoms with Crippen molar-refractivity contribution in [3.05, 3.63) is 29.0 Å². The van der Waals surface area contributed by atoms with Crippen molar-refractivity contribution in [2.75, 3.05) is 20.3 Å². The lowest BCUT2D eigenvalue weighted by atomic mass is 10.2. The summed E-state index contributed by atoms with van der Waals surface area (Å²) in [5.41, 5.74) is 0.969. The SMILES string of the molecule is COCC(O)CNCc1ccncc1Cl. The van der Waals surface area contributed by atoms with Gasteiger partial charge in [0, 0.05) is 32.6 Å². The lowest BCUT2D eigenvalue weighted by Crippen LogP contribution is -2.29. The number of nitrogens with zero attached hydrogens (tertiary/aromatic N) is 1. The monoisotopic (exact) mass is 230 g/mol. The lowest BCUT2D eigenvalue weighted by Gasteiger charge is -2.11. The number of aliphatic hydroxyl groups excluding tert-OH is 1. The highest BCUT2D eigenvalue weighted by Crippen LogP contribution is 2.12. The Kier molecular flexibility index (Phi) is 5.57. The molecule has 0 saturated heterocycles. The molecule has 0 aliphatic heterocycles. The number of aromatic nitrogens is 1. The fourth-order valence-electron chi connectivity index (χ4n) is 1.17. The predicted molar refractivity (Wildman–Crippen MR) is 58.8 cm³/mol.